The molecular weight excluding hydrogens is 644 g/mol. The minimum absolute atomic E-state index is 0.288. The van der Waals surface area contributed by atoms with Gasteiger partial charge in [0.25, 0.3) is 5.91 Å². The summed E-state index contributed by atoms with van der Waals surface area (Å²) in [5, 5.41) is 4.78. The maximum Gasteiger partial charge on any atom is 0.271 e. The summed E-state index contributed by atoms with van der Waals surface area (Å²) in [5.74, 6) is 1.69. The van der Waals surface area contributed by atoms with Gasteiger partial charge in [-0.15, -0.1) is 0 Å². The number of methoxy groups -OCH3 is 2. The second kappa shape index (κ2) is 15.1. The fraction of sp³-hybridized carbons (Fsp3) is 0.235. The van der Waals surface area contributed by atoms with Crippen molar-refractivity contribution in [3.05, 3.63) is 117 Å². The Balaban J connectivity index is 1.12. The normalized spacial score (nSPS) is 13.6. The summed E-state index contributed by atoms with van der Waals surface area (Å²) in [7, 11) is 3.28. The molecule has 1 amide bonds. The van der Waals surface area contributed by atoms with Crippen LogP contribution in [-0.4, -0.2) is 57.4 Å². The number of rotatable bonds is 11. The largest absolute Gasteiger partial charge is 0.495 e. The molecule has 0 atom stereocenters. The summed E-state index contributed by atoms with van der Waals surface area (Å²) in [5.41, 5.74) is 7.02. The third kappa shape index (κ3) is 7.91. The van der Waals surface area contributed by atoms with E-state index in [1.165, 1.54) is 0 Å². The lowest BCUT2D eigenvalue weighted by Gasteiger charge is -2.36. The van der Waals surface area contributed by atoms with E-state index in [4.69, 9.17) is 25.8 Å². The van der Waals surface area contributed by atoms with Gasteiger partial charge >= 0.3 is 0 Å². The number of halogens is 2. The van der Waals surface area contributed by atoms with Crippen LogP contribution in [0.15, 0.2) is 94.5 Å². The number of para-hydroxylation sites is 2. The number of ether oxygens (including phenoxy) is 3. The summed E-state index contributed by atoms with van der Waals surface area (Å²) < 4.78 is 17.7. The summed E-state index contributed by atoms with van der Waals surface area (Å²) in [6, 6.07) is 26.9. The molecule has 0 unspecified atom stereocenters. The third-order valence-corrected chi connectivity index (χ3v) is 8.34. The smallest absolute Gasteiger partial charge is 0.271 e. The lowest BCUT2D eigenvalue weighted by molar-refractivity contribution is 0.0955. The highest BCUT2D eigenvalue weighted by Crippen LogP contribution is 2.37. The van der Waals surface area contributed by atoms with Crippen molar-refractivity contribution in [2.24, 2.45) is 5.10 Å². The van der Waals surface area contributed by atoms with Crippen molar-refractivity contribution < 1.29 is 19.0 Å². The van der Waals surface area contributed by atoms with E-state index in [0.29, 0.717) is 26.6 Å². The molecule has 8 nitrogen and oxygen atoms in total. The Hall–Kier alpha value is -4.05. The zero-order valence-electron chi connectivity index (χ0n) is 24.6. The number of anilines is 1. The van der Waals surface area contributed by atoms with Crippen LogP contribution >= 0.6 is 27.5 Å². The molecule has 4 aromatic carbocycles. The van der Waals surface area contributed by atoms with Crippen LogP contribution in [0.2, 0.25) is 5.02 Å². The molecular formula is C34H34BrClN4O4. The highest BCUT2D eigenvalue weighted by molar-refractivity contribution is 9.10. The van der Waals surface area contributed by atoms with E-state index in [2.05, 4.69) is 42.3 Å². The topological polar surface area (TPSA) is 75.6 Å². The maximum atomic E-state index is 12.7. The highest BCUT2D eigenvalue weighted by Gasteiger charge is 2.20. The number of carbonyl (C=O) groups is 1. The van der Waals surface area contributed by atoms with Crippen molar-refractivity contribution in [3.8, 4) is 17.2 Å². The molecule has 0 radical (unpaired) electrons. The van der Waals surface area contributed by atoms with Gasteiger partial charge in [-0.3, -0.25) is 9.69 Å². The average molecular weight is 678 g/mol. The molecule has 5 rings (SSSR count). The number of nitrogens with one attached hydrogen (secondary N) is 1. The van der Waals surface area contributed by atoms with Gasteiger partial charge in [0.2, 0.25) is 0 Å². The first-order valence-corrected chi connectivity index (χ1v) is 15.4. The number of nitrogens with zero attached hydrogens (tertiary/aromatic N) is 3. The second-order valence-corrected chi connectivity index (χ2v) is 11.5. The van der Waals surface area contributed by atoms with Crippen LogP contribution in [0.1, 0.15) is 27.0 Å². The van der Waals surface area contributed by atoms with Gasteiger partial charge in [0.05, 0.1) is 30.6 Å². The number of hydrazone groups is 1. The standard InChI is InChI=1S/C34H34BrClN4O4/c1-42-31-10-6-5-9-30(31)40-17-15-39(16-18-40)22-24-11-13-26(14-12-24)34(41)38-37-21-25-19-28(35)33(32(20-25)43-2)44-23-27-7-3-4-8-29(27)36/h3-14,19-21H,15-18,22-23H2,1-2H3,(H,38,41)/b37-21-. The van der Waals surface area contributed by atoms with Crippen molar-refractivity contribution in [1.29, 1.82) is 0 Å². The van der Waals surface area contributed by atoms with Crippen molar-refractivity contribution in [1.82, 2.24) is 10.3 Å². The minimum atomic E-state index is -0.288. The van der Waals surface area contributed by atoms with E-state index < -0.39 is 0 Å². The Bertz CT molecular complexity index is 1610. The highest BCUT2D eigenvalue weighted by atomic mass is 79.9. The molecule has 1 aliphatic heterocycles. The van der Waals surface area contributed by atoms with Gasteiger partial charge in [-0.1, -0.05) is 54.1 Å². The van der Waals surface area contributed by atoms with Crippen molar-refractivity contribution >= 4 is 45.3 Å². The van der Waals surface area contributed by atoms with Gasteiger partial charge in [-0.2, -0.15) is 5.10 Å². The van der Waals surface area contributed by atoms with Crippen LogP contribution in [-0.2, 0) is 13.2 Å². The number of piperazine rings is 1. The first-order valence-electron chi connectivity index (χ1n) is 14.2. The Morgan fingerprint density at radius 2 is 1.64 bits per heavy atom. The lowest BCUT2D eigenvalue weighted by Crippen LogP contribution is -2.46. The van der Waals surface area contributed by atoms with E-state index in [0.717, 1.165) is 60.9 Å². The van der Waals surface area contributed by atoms with Crippen molar-refractivity contribution in [2.75, 3.05) is 45.3 Å². The molecule has 0 bridgehead atoms. The van der Waals surface area contributed by atoms with Gasteiger partial charge in [0, 0.05) is 48.9 Å². The summed E-state index contributed by atoms with van der Waals surface area (Å²) in [6.45, 7) is 4.88. The summed E-state index contributed by atoms with van der Waals surface area (Å²) >= 11 is 9.80. The van der Waals surface area contributed by atoms with Gasteiger partial charge in [-0.25, -0.2) is 5.43 Å². The Morgan fingerprint density at radius 1 is 0.932 bits per heavy atom. The molecule has 4 aromatic rings. The quantitative estimate of drug-likeness (QED) is 0.139. The van der Waals surface area contributed by atoms with Gasteiger partial charge < -0.3 is 19.1 Å². The SMILES string of the molecule is COc1ccccc1N1CCN(Cc2ccc(C(=O)N/N=C\c3cc(Br)c(OCc4ccccc4Cl)c(OC)c3)cc2)CC1. The fourth-order valence-electron chi connectivity index (χ4n) is 5.01. The monoisotopic (exact) mass is 676 g/mol. The van der Waals surface area contributed by atoms with Crippen molar-refractivity contribution in [2.45, 2.75) is 13.2 Å². The maximum absolute atomic E-state index is 12.7. The molecule has 1 fully saturated rings. The van der Waals surface area contributed by atoms with E-state index in [1.807, 2.05) is 72.8 Å². The van der Waals surface area contributed by atoms with Crippen LogP contribution in [0.25, 0.3) is 0 Å². The predicted octanol–water partition coefficient (Wildman–Crippen LogP) is 6.78. The van der Waals surface area contributed by atoms with E-state index in [-0.39, 0.29) is 12.5 Å². The Morgan fingerprint density at radius 3 is 2.36 bits per heavy atom. The van der Waals surface area contributed by atoms with E-state index in [1.54, 1.807) is 26.5 Å². The van der Waals surface area contributed by atoms with Gasteiger partial charge in [0.15, 0.2) is 11.5 Å². The third-order valence-electron chi connectivity index (χ3n) is 7.38. The van der Waals surface area contributed by atoms with Gasteiger partial charge in [-0.05, 0) is 69.5 Å². The molecule has 1 aliphatic rings. The Kier molecular flexibility index (Phi) is 10.8. The molecule has 0 aromatic heterocycles. The molecule has 44 heavy (non-hydrogen) atoms. The van der Waals surface area contributed by atoms with E-state index in [9.17, 15) is 4.79 Å². The molecule has 0 saturated carbocycles. The molecule has 228 valence electrons. The molecule has 10 heteroatoms. The van der Waals surface area contributed by atoms with Crippen LogP contribution in [0, 0.1) is 0 Å². The van der Waals surface area contributed by atoms with Gasteiger partial charge in [0.1, 0.15) is 12.4 Å². The van der Waals surface area contributed by atoms with Crippen LogP contribution in [0.5, 0.6) is 17.2 Å². The molecule has 0 spiro atoms. The zero-order chi connectivity index (χ0) is 30.9. The fourth-order valence-corrected chi connectivity index (χ4v) is 5.77. The molecule has 1 heterocycles. The molecule has 1 saturated heterocycles. The number of amides is 1. The van der Waals surface area contributed by atoms with Crippen LogP contribution < -0.4 is 24.5 Å². The lowest BCUT2D eigenvalue weighted by atomic mass is 10.1. The summed E-state index contributed by atoms with van der Waals surface area (Å²) in [6.07, 6.45) is 1.56. The van der Waals surface area contributed by atoms with E-state index >= 15 is 0 Å². The number of benzene rings is 4. The average Bonchev–Trinajstić information content (AvgIpc) is 3.05. The minimum Gasteiger partial charge on any atom is -0.495 e. The number of hydrogen-bond acceptors (Lipinski definition) is 7. The van der Waals surface area contributed by atoms with Crippen LogP contribution in [0.4, 0.5) is 5.69 Å². The molecule has 1 N–H and O–H groups in total. The first-order chi connectivity index (χ1) is 21.4. The Labute approximate surface area is 271 Å². The summed E-state index contributed by atoms with van der Waals surface area (Å²) in [4.78, 5) is 17.5. The second-order valence-electron chi connectivity index (χ2n) is 10.2. The number of carbonyl (C=O) groups excluding carboxylic acids is 1. The van der Waals surface area contributed by atoms with Crippen LogP contribution in [0.3, 0.4) is 0 Å². The first kappa shape index (κ1) is 31.4. The number of hydrogen-bond donors (Lipinski definition) is 1. The molecule has 0 aliphatic carbocycles. The zero-order valence-corrected chi connectivity index (χ0v) is 27.0. The van der Waals surface area contributed by atoms with Crippen molar-refractivity contribution in [3.63, 3.8) is 0 Å². The predicted molar refractivity (Wildman–Crippen MR) is 178 cm³/mol.